The van der Waals surface area contributed by atoms with Crippen molar-refractivity contribution < 1.29 is 4.74 Å². The molecule has 0 fully saturated rings. The lowest BCUT2D eigenvalue weighted by Gasteiger charge is -2.10. The average Bonchev–Trinajstić information content (AvgIpc) is 2.34. The molecule has 1 heteroatoms. The van der Waals surface area contributed by atoms with E-state index in [0.29, 0.717) is 0 Å². The van der Waals surface area contributed by atoms with Crippen LogP contribution in [0.1, 0.15) is 40.2 Å². The Morgan fingerprint density at radius 2 is 1.60 bits per heavy atom. The Bertz CT molecular complexity index is 663. The highest BCUT2D eigenvalue weighted by atomic mass is 16.5. The summed E-state index contributed by atoms with van der Waals surface area (Å²) < 4.78 is 5.72. The van der Waals surface area contributed by atoms with Gasteiger partial charge in [0.05, 0.1) is 6.10 Å². The van der Waals surface area contributed by atoms with Crippen LogP contribution in [0.15, 0.2) is 36.4 Å². The summed E-state index contributed by atoms with van der Waals surface area (Å²) in [5, 5.41) is 2.38. The molecule has 0 unspecified atom stereocenters. The number of hydrogen-bond donors (Lipinski definition) is 0. The highest BCUT2D eigenvalue weighted by Gasteiger charge is 2.04. The van der Waals surface area contributed by atoms with Crippen molar-refractivity contribution in [1.82, 2.24) is 0 Å². The molecule has 0 amide bonds. The smallest absolute Gasteiger partial charge is 0.120 e. The second-order valence-electron chi connectivity index (χ2n) is 6.39. The molecule has 1 nitrogen and oxygen atoms in total. The van der Waals surface area contributed by atoms with Crippen LogP contribution in [-0.2, 0) is 0 Å². The lowest BCUT2D eigenvalue weighted by atomic mass is 9.97. The third-order valence-electron chi connectivity index (χ3n) is 2.77. The van der Waals surface area contributed by atoms with E-state index in [1.54, 1.807) is 0 Å². The van der Waals surface area contributed by atoms with Crippen molar-refractivity contribution in [2.24, 2.45) is 5.41 Å². The molecule has 0 aliphatic heterocycles. The molecule has 2 aromatic carbocycles. The molecule has 0 radical (unpaired) electrons. The van der Waals surface area contributed by atoms with Crippen LogP contribution in [0, 0.1) is 17.3 Å². The van der Waals surface area contributed by atoms with Gasteiger partial charge in [0.1, 0.15) is 5.75 Å². The van der Waals surface area contributed by atoms with Crippen molar-refractivity contribution in [3.8, 4) is 17.6 Å². The molecular formula is C19H22O. The molecule has 0 saturated carbocycles. The molecule has 0 atom stereocenters. The minimum atomic E-state index is 0.0317. The summed E-state index contributed by atoms with van der Waals surface area (Å²) >= 11 is 0. The normalized spacial score (nSPS) is 11.3. The van der Waals surface area contributed by atoms with Crippen LogP contribution >= 0.6 is 0 Å². The van der Waals surface area contributed by atoms with Gasteiger partial charge in [0.15, 0.2) is 0 Å². The number of rotatable bonds is 2. The van der Waals surface area contributed by atoms with E-state index in [1.807, 2.05) is 19.9 Å². The van der Waals surface area contributed by atoms with E-state index >= 15 is 0 Å². The molecule has 0 aliphatic rings. The van der Waals surface area contributed by atoms with E-state index in [9.17, 15) is 0 Å². The minimum Gasteiger partial charge on any atom is -0.491 e. The third-order valence-corrected chi connectivity index (χ3v) is 2.77. The molecule has 2 aromatic rings. The molecule has 104 valence electrons. The number of hydrogen-bond acceptors (Lipinski definition) is 1. The molecule has 0 aromatic heterocycles. The second kappa shape index (κ2) is 5.59. The van der Waals surface area contributed by atoms with E-state index < -0.39 is 0 Å². The van der Waals surface area contributed by atoms with Crippen molar-refractivity contribution >= 4 is 10.8 Å². The summed E-state index contributed by atoms with van der Waals surface area (Å²) in [6.45, 7) is 10.4. The summed E-state index contributed by atoms with van der Waals surface area (Å²) in [4.78, 5) is 0. The first-order chi connectivity index (χ1) is 9.33. The molecule has 0 heterocycles. The van der Waals surface area contributed by atoms with Gasteiger partial charge in [-0.15, -0.1) is 0 Å². The van der Waals surface area contributed by atoms with Crippen LogP contribution in [0.5, 0.6) is 5.75 Å². The Morgan fingerprint density at radius 3 is 2.25 bits per heavy atom. The largest absolute Gasteiger partial charge is 0.491 e. The van der Waals surface area contributed by atoms with Crippen molar-refractivity contribution in [2.45, 2.75) is 40.7 Å². The molecular weight excluding hydrogens is 244 g/mol. The number of fused-ring (bicyclic) bond motifs is 1. The fourth-order valence-electron chi connectivity index (χ4n) is 1.91. The van der Waals surface area contributed by atoms with Crippen LogP contribution in [0.4, 0.5) is 0 Å². The average molecular weight is 266 g/mol. The zero-order chi connectivity index (χ0) is 14.8. The fourth-order valence-corrected chi connectivity index (χ4v) is 1.91. The summed E-state index contributed by atoms with van der Waals surface area (Å²) in [6.07, 6.45) is 0.198. The molecule has 0 aliphatic carbocycles. The van der Waals surface area contributed by atoms with Crippen molar-refractivity contribution in [3.05, 3.63) is 42.0 Å². The standard InChI is InChI=1S/C19H22O/c1-14(2)20-18-9-8-16-12-15(6-7-17(16)13-18)10-11-19(3,4)5/h6-9,12-14H,1-5H3. The van der Waals surface area contributed by atoms with Gasteiger partial charge in [0.25, 0.3) is 0 Å². The van der Waals surface area contributed by atoms with Gasteiger partial charge in [0.2, 0.25) is 0 Å². The molecule has 0 spiro atoms. The maximum atomic E-state index is 5.72. The predicted octanol–water partition coefficient (Wildman–Crippen LogP) is 5.02. The zero-order valence-corrected chi connectivity index (χ0v) is 12.9. The Kier molecular flexibility index (Phi) is 4.04. The quantitative estimate of drug-likeness (QED) is 0.693. The van der Waals surface area contributed by atoms with E-state index in [0.717, 1.165) is 11.3 Å². The highest BCUT2D eigenvalue weighted by Crippen LogP contribution is 2.23. The van der Waals surface area contributed by atoms with Crippen LogP contribution in [0.25, 0.3) is 10.8 Å². The topological polar surface area (TPSA) is 9.23 Å². The molecule has 0 N–H and O–H groups in total. The Labute approximate surface area is 122 Å². The summed E-state index contributed by atoms with van der Waals surface area (Å²) in [6, 6.07) is 12.5. The second-order valence-corrected chi connectivity index (χ2v) is 6.39. The predicted molar refractivity (Wildman–Crippen MR) is 86.0 cm³/mol. The Morgan fingerprint density at radius 1 is 0.950 bits per heavy atom. The SMILES string of the molecule is CC(C)Oc1ccc2cc(C#CC(C)(C)C)ccc2c1. The van der Waals surface area contributed by atoms with Gasteiger partial charge in [-0.3, -0.25) is 0 Å². The third kappa shape index (κ3) is 4.03. The molecule has 20 heavy (non-hydrogen) atoms. The number of ether oxygens (including phenoxy) is 1. The lowest BCUT2D eigenvalue weighted by Crippen LogP contribution is -2.05. The van der Waals surface area contributed by atoms with E-state index in [4.69, 9.17) is 4.74 Å². The highest BCUT2D eigenvalue weighted by molar-refractivity contribution is 5.85. The maximum Gasteiger partial charge on any atom is 0.120 e. The van der Waals surface area contributed by atoms with E-state index in [2.05, 4.69) is 62.9 Å². The first-order valence-electron chi connectivity index (χ1n) is 7.07. The molecule has 2 rings (SSSR count). The Hall–Kier alpha value is -1.94. The lowest BCUT2D eigenvalue weighted by molar-refractivity contribution is 0.243. The van der Waals surface area contributed by atoms with Gasteiger partial charge < -0.3 is 4.74 Å². The van der Waals surface area contributed by atoms with E-state index in [-0.39, 0.29) is 11.5 Å². The fraction of sp³-hybridized carbons (Fsp3) is 0.368. The van der Waals surface area contributed by atoms with Crippen LogP contribution in [-0.4, -0.2) is 6.10 Å². The minimum absolute atomic E-state index is 0.0317. The van der Waals surface area contributed by atoms with Crippen molar-refractivity contribution in [2.75, 3.05) is 0 Å². The first kappa shape index (κ1) is 14.5. The summed E-state index contributed by atoms with van der Waals surface area (Å²) in [5.74, 6) is 7.43. The molecule has 0 bridgehead atoms. The van der Waals surface area contributed by atoms with Gasteiger partial charge in [-0.1, -0.05) is 24.0 Å². The van der Waals surface area contributed by atoms with Crippen LogP contribution < -0.4 is 4.74 Å². The first-order valence-corrected chi connectivity index (χ1v) is 7.07. The van der Waals surface area contributed by atoms with Gasteiger partial charge in [-0.25, -0.2) is 0 Å². The van der Waals surface area contributed by atoms with Gasteiger partial charge in [0, 0.05) is 11.0 Å². The summed E-state index contributed by atoms with van der Waals surface area (Å²) in [5.41, 5.74) is 1.09. The van der Waals surface area contributed by atoms with Gasteiger partial charge in [-0.05, 0) is 69.7 Å². The van der Waals surface area contributed by atoms with E-state index in [1.165, 1.54) is 10.8 Å². The molecule has 0 saturated heterocycles. The number of benzene rings is 2. The van der Waals surface area contributed by atoms with Crippen molar-refractivity contribution in [3.63, 3.8) is 0 Å². The maximum absolute atomic E-state index is 5.72. The van der Waals surface area contributed by atoms with Gasteiger partial charge in [-0.2, -0.15) is 0 Å². The van der Waals surface area contributed by atoms with Gasteiger partial charge >= 0.3 is 0 Å². The van der Waals surface area contributed by atoms with Crippen LogP contribution in [0.2, 0.25) is 0 Å². The monoisotopic (exact) mass is 266 g/mol. The Balaban J connectivity index is 2.33. The van der Waals surface area contributed by atoms with Crippen LogP contribution in [0.3, 0.4) is 0 Å². The van der Waals surface area contributed by atoms with Crippen molar-refractivity contribution in [1.29, 1.82) is 0 Å². The zero-order valence-electron chi connectivity index (χ0n) is 12.9. The summed E-state index contributed by atoms with van der Waals surface area (Å²) in [7, 11) is 0.